The second-order valence-corrected chi connectivity index (χ2v) is 6.50. The molecular weight excluding hydrogens is 301 g/mol. The largest absolute Gasteiger partial charge is 0.339 e. The van der Waals surface area contributed by atoms with Gasteiger partial charge >= 0.3 is 6.03 Å². The van der Waals surface area contributed by atoms with Gasteiger partial charge in [-0.25, -0.2) is 9.18 Å². The van der Waals surface area contributed by atoms with Crippen LogP contribution in [0.5, 0.6) is 0 Å². The van der Waals surface area contributed by atoms with Gasteiger partial charge in [-0.3, -0.25) is 14.9 Å². The molecule has 2 aliphatic heterocycles. The first-order chi connectivity index (χ1) is 11.0. The minimum absolute atomic E-state index is 0.0231. The Bertz CT molecular complexity index is 722. The van der Waals surface area contributed by atoms with Crippen molar-refractivity contribution in [2.75, 3.05) is 13.1 Å². The van der Waals surface area contributed by atoms with Crippen LogP contribution in [0.2, 0.25) is 0 Å². The summed E-state index contributed by atoms with van der Waals surface area (Å²) in [5.74, 6) is -0.805. The molecule has 3 fully saturated rings. The van der Waals surface area contributed by atoms with Crippen molar-refractivity contribution in [2.45, 2.75) is 24.3 Å². The average Bonchev–Trinajstić information content (AvgIpc) is 3.12. The topological polar surface area (TPSA) is 78.5 Å². The van der Waals surface area contributed by atoms with Crippen LogP contribution in [0.3, 0.4) is 0 Å². The highest BCUT2D eigenvalue weighted by Gasteiger charge is 2.54. The molecule has 2 heterocycles. The molecule has 3 atom stereocenters. The number of hydrogen-bond acceptors (Lipinski definition) is 3. The molecule has 6 nitrogen and oxygen atoms in total. The zero-order valence-corrected chi connectivity index (χ0v) is 12.3. The first-order valence-electron chi connectivity index (χ1n) is 7.66. The van der Waals surface area contributed by atoms with Crippen molar-refractivity contribution >= 4 is 17.8 Å². The van der Waals surface area contributed by atoms with Gasteiger partial charge in [0.2, 0.25) is 5.91 Å². The molecule has 7 heteroatoms. The summed E-state index contributed by atoms with van der Waals surface area (Å²) in [5, 5.41) is 4.86. The number of hydrogen-bond donors (Lipinski definition) is 2. The molecule has 0 aromatic heterocycles. The Morgan fingerprint density at radius 1 is 1.35 bits per heavy atom. The van der Waals surface area contributed by atoms with E-state index in [9.17, 15) is 18.8 Å². The van der Waals surface area contributed by atoms with Gasteiger partial charge in [0.1, 0.15) is 11.4 Å². The fraction of sp³-hybridized carbons (Fsp3) is 0.438. The molecule has 1 aromatic rings. The summed E-state index contributed by atoms with van der Waals surface area (Å²) in [6.07, 6.45) is 1.12. The number of carbonyl (C=O) groups is 3. The van der Waals surface area contributed by atoms with E-state index < -0.39 is 11.6 Å². The Morgan fingerprint density at radius 3 is 2.87 bits per heavy atom. The van der Waals surface area contributed by atoms with E-state index in [1.54, 1.807) is 11.0 Å². The third-order valence-electron chi connectivity index (χ3n) is 4.98. The van der Waals surface area contributed by atoms with Crippen LogP contribution >= 0.6 is 0 Å². The van der Waals surface area contributed by atoms with Crippen LogP contribution in [-0.4, -0.2) is 41.4 Å². The predicted octanol–water partition coefficient (Wildman–Crippen LogP) is 0.740. The molecule has 1 aliphatic carbocycles. The summed E-state index contributed by atoms with van der Waals surface area (Å²) in [5.41, 5.74) is -0.139. The van der Waals surface area contributed by atoms with Crippen molar-refractivity contribution in [3.05, 3.63) is 35.6 Å². The molecular formula is C16H16FN3O3. The Hall–Kier alpha value is -2.44. The number of urea groups is 1. The van der Waals surface area contributed by atoms with Crippen LogP contribution < -0.4 is 10.6 Å². The molecule has 0 radical (unpaired) electrons. The minimum atomic E-state index is -0.976. The Labute approximate surface area is 132 Å². The fourth-order valence-electron chi connectivity index (χ4n) is 3.62. The number of nitrogens with one attached hydrogen (secondary N) is 2. The summed E-state index contributed by atoms with van der Waals surface area (Å²) in [4.78, 5) is 37.5. The molecule has 3 aliphatic rings. The number of nitrogens with zero attached hydrogens (tertiary/aromatic N) is 1. The summed E-state index contributed by atoms with van der Waals surface area (Å²) >= 11 is 0. The van der Waals surface area contributed by atoms with Crippen molar-refractivity contribution < 1.29 is 18.8 Å². The van der Waals surface area contributed by atoms with E-state index >= 15 is 0 Å². The lowest BCUT2D eigenvalue weighted by molar-refractivity contribution is -0.132. The van der Waals surface area contributed by atoms with E-state index in [2.05, 4.69) is 10.6 Å². The van der Waals surface area contributed by atoms with Crippen LogP contribution in [0.4, 0.5) is 9.18 Å². The number of carbonyl (C=O) groups excluding carboxylic acids is 3. The molecule has 4 rings (SSSR count). The summed E-state index contributed by atoms with van der Waals surface area (Å²) in [7, 11) is 0. The highest BCUT2D eigenvalue weighted by atomic mass is 19.1. The maximum Gasteiger partial charge on any atom is 0.322 e. The molecule has 120 valence electrons. The van der Waals surface area contributed by atoms with Crippen LogP contribution in [-0.2, 0) is 9.59 Å². The van der Waals surface area contributed by atoms with Gasteiger partial charge in [0.25, 0.3) is 5.91 Å². The minimum Gasteiger partial charge on any atom is -0.339 e. The first-order valence-corrected chi connectivity index (χ1v) is 7.66. The third-order valence-corrected chi connectivity index (χ3v) is 4.98. The van der Waals surface area contributed by atoms with E-state index in [1.807, 2.05) is 6.07 Å². The molecule has 23 heavy (non-hydrogen) atoms. The second-order valence-electron chi connectivity index (χ2n) is 6.50. The zero-order valence-electron chi connectivity index (χ0n) is 12.3. The SMILES string of the molecule is O=C1NC(=O)[C@]2(CCN(C(=O)[C@H]3C[C@H]3c3cccc(F)c3)C2)N1. The van der Waals surface area contributed by atoms with Gasteiger partial charge < -0.3 is 10.2 Å². The van der Waals surface area contributed by atoms with Gasteiger partial charge in [0.15, 0.2) is 0 Å². The first kappa shape index (κ1) is 14.2. The molecule has 0 unspecified atom stereocenters. The van der Waals surface area contributed by atoms with Crippen molar-refractivity contribution in [3.63, 3.8) is 0 Å². The number of imide groups is 1. The van der Waals surface area contributed by atoms with Crippen LogP contribution in [0.15, 0.2) is 24.3 Å². The number of likely N-dealkylation sites (tertiary alicyclic amines) is 1. The van der Waals surface area contributed by atoms with Crippen molar-refractivity contribution in [2.24, 2.45) is 5.92 Å². The van der Waals surface area contributed by atoms with Crippen molar-refractivity contribution in [3.8, 4) is 0 Å². The Balaban J connectivity index is 1.44. The normalized spacial score (nSPS) is 32.1. The number of halogens is 1. The lowest BCUT2D eigenvalue weighted by Crippen LogP contribution is -2.49. The monoisotopic (exact) mass is 317 g/mol. The van der Waals surface area contributed by atoms with Crippen LogP contribution in [0.1, 0.15) is 24.3 Å². The van der Waals surface area contributed by atoms with E-state index in [0.717, 1.165) is 5.56 Å². The maximum atomic E-state index is 13.3. The van der Waals surface area contributed by atoms with Gasteiger partial charge in [-0.2, -0.15) is 0 Å². The van der Waals surface area contributed by atoms with Crippen molar-refractivity contribution in [1.29, 1.82) is 0 Å². The molecule has 1 spiro atoms. The molecule has 2 saturated heterocycles. The van der Waals surface area contributed by atoms with Crippen molar-refractivity contribution in [1.82, 2.24) is 15.5 Å². The Kier molecular flexibility index (Phi) is 2.94. The highest BCUT2D eigenvalue weighted by molar-refractivity contribution is 6.07. The van der Waals surface area contributed by atoms with Gasteiger partial charge in [-0.15, -0.1) is 0 Å². The van der Waals surface area contributed by atoms with Gasteiger partial charge in [-0.1, -0.05) is 12.1 Å². The third kappa shape index (κ3) is 2.27. The standard InChI is InChI=1S/C16H16FN3O3/c17-10-3-1-2-9(6-10)11-7-12(11)13(21)20-5-4-16(8-20)14(22)18-15(23)19-16/h1-3,6,11-12H,4-5,7-8H2,(H2,18,19,22,23)/t11-,12-,16+/m0/s1. The predicted molar refractivity (Wildman–Crippen MR) is 77.9 cm³/mol. The number of benzene rings is 1. The highest BCUT2D eigenvalue weighted by Crippen LogP contribution is 2.49. The molecule has 4 amide bonds. The van der Waals surface area contributed by atoms with Gasteiger partial charge in [0.05, 0.1) is 6.54 Å². The summed E-state index contributed by atoms with van der Waals surface area (Å²) in [6, 6.07) is 5.82. The number of rotatable bonds is 2. The molecule has 1 aromatic carbocycles. The lowest BCUT2D eigenvalue weighted by atomic mass is 9.99. The zero-order chi connectivity index (χ0) is 16.2. The summed E-state index contributed by atoms with van der Waals surface area (Å²) in [6.45, 7) is 0.648. The lowest BCUT2D eigenvalue weighted by Gasteiger charge is -2.21. The van der Waals surface area contributed by atoms with Crippen LogP contribution in [0, 0.1) is 11.7 Å². The summed E-state index contributed by atoms with van der Waals surface area (Å²) < 4.78 is 13.3. The van der Waals surface area contributed by atoms with Gasteiger partial charge in [0, 0.05) is 12.5 Å². The average molecular weight is 317 g/mol. The Morgan fingerprint density at radius 2 is 2.17 bits per heavy atom. The van der Waals surface area contributed by atoms with E-state index in [0.29, 0.717) is 19.4 Å². The van der Waals surface area contributed by atoms with Gasteiger partial charge in [-0.05, 0) is 36.5 Å². The second kappa shape index (κ2) is 4.78. The quantitative estimate of drug-likeness (QED) is 0.790. The van der Waals surface area contributed by atoms with E-state index in [-0.39, 0.29) is 36.0 Å². The smallest absolute Gasteiger partial charge is 0.322 e. The number of amides is 4. The van der Waals surface area contributed by atoms with E-state index in [4.69, 9.17) is 0 Å². The fourth-order valence-corrected chi connectivity index (χ4v) is 3.62. The molecule has 0 bridgehead atoms. The molecule has 2 N–H and O–H groups in total. The maximum absolute atomic E-state index is 13.3. The van der Waals surface area contributed by atoms with E-state index in [1.165, 1.54) is 12.1 Å². The van der Waals surface area contributed by atoms with Crippen LogP contribution in [0.25, 0.3) is 0 Å². The molecule has 1 saturated carbocycles.